The number of carbonyl (C=O) groups excluding carboxylic acids is 2. The minimum Gasteiger partial charge on any atom is -0.493 e. The van der Waals surface area contributed by atoms with Crippen LogP contribution in [0, 0.1) is 0 Å². The summed E-state index contributed by atoms with van der Waals surface area (Å²) < 4.78 is 22.0. The molecule has 0 radical (unpaired) electrons. The predicted octanol–water partition coefficient (Wildman–Crippen LogP) is 5.70. The first kappa shape index (κ1) is 31.8. The van der Waals surface area contributed by atoms with Gasteiger partial charge in [-0.2, -0.15) is 0 Å². The number of anilines is 1. The number of carbonyl (C=O) groups is 2. The zero-order chi connectivity index (χ0) is 29.5. The molecule has 9 nitrogen and oxygen atoms in total. The van der Waals surface area contributed by atoms with Gasteiger partial charge in [-0.3, -0.25) is 4.79 Å². The van der Waals surface area contributed by atoms with Crippen LogP contribution in [0.1, 0.15) is 30.7 Å². The fraction of sp³-hybridized carbons (Fsp3) is 0.419. The van der Waals surface area contributed by atoms with Crippen LogP contribution >= 0.6 is 11.3 Å². The molecule has 0 aliphatic rings. The summed E-state index contributed by atoms with van der Waals surface area (Å²) in [6.07, 6.45) is 1.23. The number of hydrogen-bond donors (Lipinski definition) is 1. The van der Waals surface area contributed by atoms with Gasteiger partial charge < -0.3 is 34.1 Å². The molecule has 0 spiro atoms. The largest absolute Gasteiger partial charge is 0.493 e. The van der Waals surface area contributed by atoms with Crippen molar-refractivity contribution in [3.8, 4) is 17.2 Å². The minimum atomic E-state index is -0.363. The number of urea groups is 1. The second kappa shape index (κ2) is 17.1. The van der Waals surface area contributed by atoms with E-state index in [1.807, 2.05) is 61.7 Å². The maximum Gasteiger partial charge on any atom is 0.322 e. The number of para-hydroxylation sites is 2. The average molecular weight is 584 g/mol. The van der Waals surface area contributed by atoms with E-state index < -0.39 is 0 Å². The molecule has 0 fully saturated rings. The highest BCUT2D eigenvalue weighted by Crippen LogP contribution is 2.28. The van der Waals surface area contributed by atoms with Gasteiger partial charge in [0.1, 0.15) is 12.3 Å². The van der Waals surface area contributed by atoms with Crippen molar-refractivity contribution < 1.29 is 28.5 Å². The Morgan fingerprint density at radius 3 is 2.39 bits per heavy atom. The number of rotatable bonds is 17. The zero-order valence-corrected chi connectivity index (χ0v) is 25.2. The summed E-state index contributed by atoms with van der Waals surface area (Å²) in [4.78, 5) is 31.6. The molecule has 3 amide bonds. The Morgan fingerprint density at radius 2 is 1.68 bits per heavy atom. The summed E-state index contributed by atoms with van der Waals surface area (Å²) >= 11 is 1.60. The van der Waals surface area contributed by atoms with Crippen LogP contribution in [0.15, 0.2) is 60.0 Å². The van der Waals surface area contributed by atoms with E-state index in [-0.39, 0.29) is 18.5 Å². The lowest BCUT2D eigenvalue weighted by atomic mass is 10.1. The summed E-state index contributed by atoms with van der Waals surface area (Å²) in [6.45, 7) is 6.64. The number of ether oxygens (including phenoxy) is 4. The van der Waals surface area contributed by atoms with Crippen molar-refractivity contribution in [1.29, 1.82) is 0 Å². The molecule has 0 atom stereocenters. The van der Waals surface area contributed by atoms with Crippen molar-refractivity contribution in [1.82, 2.24) is 9.80 Å². The van der Waals surface area contributed by atoms with E-state index in [1.54, 1.807) is 47.5 Å². The third-order valence-corrected chi connectivity index (χ3v) is 7.22. The molecule has 10 heteroatoms. The first-order chi connectivity index (χ1) is 20.0. The molecule has 1 N–H and O–H groups in total. The van der Waals surface area contributed by atoms with Crippen LogP contribution in [0.4, 0.5) is 10.5 Å². The molecule has 41 heavy (non-hydrogen) atoms. The average Bonchev–Trinajstić information content (AvgIpc) is 3.51. The van der Waals surface area contributed by atoms with Gasteiger partial charge in [-0.25, -0.2) is 4.79 Å². The van der Waals surface area contributed by atoms with Crippen molar-refractivity contribution in [2.24, 2.45) is 0 Å². The molecule has 1 heterocycles. The Kier molecular flexibility index (Phi) is 13.3. The van der Waals surface area contributed by atoms with Crippen LogP contribution in [0.25, 0.3) is 0 Å². The number of methoxy groups -OCH3 is 2. The monoisotopic (exact) mass is 583 g/mol. The van der Waals surface area contributed by atoms with Gasteiger partial charge in [0.25, 0.3) is 0 Å². The highest BCUT2D eigenvalue weighted by Gasteiger charge is 2.23. The van der Waals surface area contributed by atoms with Crippen molar-refractivity contribution in [3.63, 3.8) is 0 Å². The second-order valence-corrected chi connectivity index (χ2v) is 10.2. The Morgan fingerprint density at radius 1 is 0.878 bits per heavy atom. The van der Waals surface area contributed by atoms with Gasteiger partial charge in [-0.1, -0.05) is 24.3 Å². The molecule has 3 aromatic rings. The standard InChI is InChI=1S/C31H41N3O6S/c1-5-39-19-10-17-34(31(36)32-26-12-7-8-13-27(26)40-6-2)23-30(35)33(22-25-11-9-20-41-25)18-16-24-14-15-28(37-3)29(21-24)38-4/h7-9,11-15,20-21H,5-6,10,16-19,22-23H2,1-4H3,(H,32,36). The maximum atomic E-state index is 13.7. The highest BCUT2D eigenvalue weighted by atomic mass is 32.1. The predicted molar refractivity (Wildman–Crippen MR) is 162 cm³/mol. The summed E-state index contributed by atoms with van der Waals surface area (Å²) in [5.74, 6) is 1.75. The second-order valence-electron chi connectivity index (χ2n) is 9.17. The molecular formula is C31H41N3O6S. The summed E-state index contributed by atoms with van der Waals surface area (Å²) in [6, 6.07) is 16.7. The van der Waals surface area contributed by atoms with E-state index in [9.17, 15) is 9.59 Å². The van der Waals surface area contributed by atoms with Crippen LogP contribution < -0.4 is 19.5 Å². The maximum absolute atomic E-state index is 13.7. The fourth-order valence-electron chi connectivity index (χ4n) is 4.25. The molecular weight excluding hydrogens is 542 g/mol. The van der Waals surface area contributed by atoms with E-state index in [0.717, 1.165) is 10.4 Å². The van der Waals surface area contributed by atoms with Crippen molar-refractivity contribution in [2.75, 3.05) is 59.0 Å². The lowest BCUT2D eigenvalue weighted by Gasteiger charge is -2.28. The van der Waals surface area contributed by atoms with E-state index in [4.69, 9.17) is 18.9 Å². The summed E-state index contributed by atoms with van der Waals surface area (Å²) in [5, 5.41) is 4.93. The lowest BCUT2D eigenvalue weighted by Crippen LogP contribution is -2.45. The van der Waals surface area contributed by atoms with Crippen LogP contribution in [0.5, 0.6) is 17.2 Å². The number of amides is 3. The number of benzene rings is 2. The molecule has 2 aromatic carbocycles. The van der Waals surface area contributed by atoms with E-state index >= 15 is 0 Å². The molecule has 0 saturated heterocycles. The SMILES string of the molecule is CCOCCCN(CC(=O)N(CCc1ccc(OC)c(OC)c1)Cc1cccs1)C(=O)Nc1ccccc1OCC. The third kappa shape index (κ3) is 9.98. The Hall–Kier alpha value is -3.76. The molecule has 0 unspecified atom stereocenters. The van der Waals surface area contributed by atoms with Crippen LogP contribution in [-0.4, -0.2) is 75.4 Å². The number of hydrogen-bond acceptors (Lipinski definition) is 7. The molecule has 3 rings (SSSR count). The van der Waals surface area contributed by atoms with Gasteiger partial charge in [-0.15, -0.1) is 11.3 Å². The minimum absolute atomic E-state index is 0.0634. The molecule has 0 bridgehead atoms. The normalized spacial score (nSPS) is 10.6. The Labute approximate surface area is 247 Å². The quantitative estimate of drug-likeness (QED) is 0.205. The van der Waals surface area contributed by atoms with Gasteiger partial charge in [0, 0.05) is 31.2 Å². The first-order valence-corrected chi connectivity index (χ1v) is 14.7. The Balaban J connectivity index is 1.76. The molecule has 0 aliphatic carbocycles. The van der Waals surface area contributed by atoms with Gasteiger partial charge in [0.15, 0.2) is 11.5 Å². The first-order valence-electron chi connectivity index (χ1n) is 13.9. The molecule has 0 aliphatic heterocycles. The van der Waals surface area contributed by atoms with E-state index in [1.165, 1.54) is 0 Å². The van der Waals surface area contributed by atoms with Gasteiger partial charge in [0.2, 0.25) is 5.91 Å². The number of thiophene rings is 1. The summed E-state index contributed by atoms with van der Waals surface area (Å²) in [5.41, 5.74) is 1.58. The number of nitrogens with zero attached hydrogens (tertiary/aromatic N) is 2. The van der Waals surface area contributed by atoms with Gasteiger partial charge in [0.05, 0.1) is 33.1 Å². The van der Waals surface area contributed by atoms with E-state index in [2.05, 4.69) is 5.32 Å². The third-order valence-electron chi connectivity index (χ3n) is 6.36. The van der Waals surface area contributed by atoms with Crippen LogP contribution in [-0.2, 0) is 22.5 Å². The topological polar surface area (TPSA) is 89.6 Å². The molecule has 222 valence electrons. The van der Waals surface area contributed by atoms with Gasteiger partial charge in [-0.05, 0) is 68.0 Å². The van der Waals surface area contributed by atoms with Crippen molar-refractivity contribution in [3.05, 3.63) is 70.4 Å². The van der Waals surface area contributed by atoms with Crippen LogP contribution in [0.3, 0.4) is 0 Å². The Bertz CT molecular complexity index is 1220. The number of nitrogens with one attached hydrogen (secondary N) is 1. The highest BCUT2D eigenvalue weighted by molar-refractivity contribution is 7.09. The van der Waals surface area contributed by atoms with Crippen molar-refractivity contribution in [2.45, 2.75) is 33.2 Å². The lowest BCUT2D eigenvalue weighted by molar-refractivity contribution is -0.132. The van der Waals surface area contributed by atoms with Gasteiger partial charge >= 0.3 is 6.03 Å². The molecule has 0 saturated carbocycles. The van der Waals surface area contributed by atoms with E-state index in [0.29, 0.717) is 75.2 Å². The smallest absolute Gasteiger partial charge is 0.322 e. The molecule has 1 aromatic heterocycles. The fourth-order valence-corrected chi connectivity index (χ4v) is 4.97. The zero-order valence-electron chi connectivity index (χ0n) is 24.4. The summed E-state index contributed by atoms with van der Waals surface area (Å²) in [7, 11) is 3.21. The van der Waals surface area contributed by atoms with Crippen molar-refractivity contribution >= 4 is 29.0 Å². The van der Waals surface area contributed by atoms with Crippen LogP contribution in [0.2, 0.25) is 0 Å².